The van der Waals surface area contributed by atoms with Crippen LogP contribution in [0.1, 0.15) is 0 Å². The first kappa shape index (κ1) is 8.10. The van der Waals surface area contributed by atoms with Crippen LogP contribution in [0.4, 0.5) is 0 Å². The van der Waals surface area contributed by atoms with Crippen LogP contribution in [0.3, 0.4) is 0 Å². The molecule has 0 bridgehead atoms. The molecule has 0 atom stereocenters. The molecule has 0 saturated carbocycles. The summed E-state index contributed by atoms with van der Waals surface area (Å²) in [5, 5.41) is 1.05. The van der Waals surface area contributed by atoms with Crippen molar-refractivity contribution in [1.82, 2.24) is 0 Å². The molecule has 0 saturated heterocycles. The lowest BCUT2D eigenvalue weighted by atomic mass is 10.8. The molecule has 1 aliphatic rings. The first-order valence-corrected chi connectivity index (χ1v) is 5.27. The van der Waals surface area contributed by atoms with E-state index in [0.717, 1.165) is 5.41 Å². The molecule has 0 unspecified atom stereocenters. The zero-order chi connectivity index (χ0) is 7.61. The number of rotatable bonds is 0. The number of hydrogen-bond acceptors (Lipinski definition) is 3. The molecule has 0 amide bonds. The molecule has 0 aromatic carbocycles. The van der Waals surface area contributed by atoms with E-state index in [1.165, 1.54) is 17.8 Å². The Labute approximate surface area is 68.2 Å². The average molecular weight is 198 g/mol. The number of hydrogen-bond donors (Lipinski definition) is 0. The zero-order valence-electron chi connectivity index (χ0n) is 4.82. The molecule has 0 aliphatic carbocycles. The van der Waals surface area contributed by atoms with Gasteiger partial charge in [0, 0.05) is 5.75 Å². The van der Waals surface area contributed by atoms with E-state index in [-0.39, 0.29) is 4.50 Å². The van der Waals surface area contributed by atoms with Crippen molar-refractivity contribution < 1.29 is 8.42 Å². The summed E-state index contributed by atoms with van der Waals surface area (Å²) < 4.78 is 24.7. The minimum absolute atomic E-state index is 0.0741. The molecular formula is C4H4ClNO2S2. The number of halogens is 1. The van der Waals surface area contributed by atoms with Gasteiger partial charge in [0.2, 0.25) is 0 Å². The Morgan fingerprint density at radius 1 is 1.70 bits per heavy atom. The SMILES string of the molecule is O=S1(=O)C=CCSC(Cl)=N1. The summed E-state index contributed by atoms with van der Waals surface area (Å²) in [6.07, 6.45) is 1.51. The second-order valence-corrected chi connectivity index (χ2v) is 4.62. The molecule has 1 aliphatic heterocycles. The van der Waals surface area contributed by atoms with Crippen molar-refractivity contribution in [2.24, 2.45) is 4.40 Å². The van der Waals surface area contributed by atoms with Crippen molar-refractivity contribution in [3.8, 4) is 0 Å². The lowest BCUT2D eigenvalue weighted by Crippen LogP contribution is -1.89. The maximum Gasteiger partial charge on any atom is 0.277 e. The van der Waals surface area contributed by atoms with Crippen LogP contribution in [0.25, 0.3) is 0 Å². The van der Waals surface area contributed by atoms with Crippen LogP contribution in [0, 0.1) is 0 Å². The molecule has 1 rings (SSSR count). The van der Waals surface area contributed by atoms with Crippen molar-refractivity contribution in [3.05, 3.63) is 11.5 Å². The lowest BCUT2D eigenvalue weighted by Gasteiger charge is -1.86. The van der Waals surface area contributed by atoms with Crippen LogP contribution >= 0.6 is 23.4 Å². The van der Waals surface area contributed by atoms with E-state index in [1.54, 1.807) is 0 Å². The Kier molecular flexibility index (Phi) is 2.38. The van der Waals surface area contributed by atoms with Gasteiger partial charge >= 0.3 is 0 Å². The largest absolute Gasteiger partial charge is 0.277 e. The van der Waals surface area contributed by atoms with Crippen molar-refractivity contribution in [3.63, 3.8) is 0 Å². The molecular weight excluding hydrogens is 194 g/mol. The molecule has 0 spiro atoms. The van der Waals surface area contributed by atoms with Gasteiger partial charge in [-0.3, -0.25) is 0 Å². The summed E-state index contributed by atoms with van der Waals surface area (Å²) in [7, 11) is -3.41. The smallest absolute Gasteiger partial charge is 0.200 e. The molecule has 1 heterocycles. The van der Waals surface area contributed by atoms with E-state index < -0.39 is 10.0 Å². The molecule has 0 N–H and O–H groups in total. The van der Waals surface area contributed by atoms with Gasteiger partial charge in [0.15, 0.2) is 4.50 Å². The quantitative estimate of drug-likeness (QED) is 0.586. The van der Waals surface area contributed by atoms with E-state index in [0.29, 0.717) is 5.75 Å². The summed E-state index contributed by atoms with van der Waals surface area (Å²) >= 11 is 6.59. The molecule has 3 nitrogen and oxygen atoms in total. The number of sulfonamides is 1. The van der Waals surface area contributed by atoms with Gasteiger partial charge in [0.05, 0.1) is 5.41 Å². The van der Waals surface area contributed by atoms with Gasteiger partial charge in [-0.25, -0.2) is 0 Å². The van der Waals surface area contributed by atoms with Crippen LogP contribution < -0.4 is 0 Å². The van der Waals surface area contributed by atoms with Crippen LogP contribution in [0.5, 0.6) is 0 Å². The van der Waals surface area contributed by atoms with Gasteiger partial charge in [-0.1, -0.05) is 29.4 Å². The standard InChI is InChI=1S/C4H4ClNO2S2/c5-4-6-10(7,8)3-1-2-9-4/h1,3H,2H2. The van der Waals surface area contributed by atoms with Crippen molar-refractivity contribution in [2.45, 2.75) is 0 Å². The number of thioether (sulfide) groups is 1. The van der Waals surface area contributed by atoms with E-state index in [2.05, 4.69) is 4.40 Å². The molecule has 0 radical (unpaired) electrons. The lowest BCUT2D eigenvalue weighted by molar-refractivity contribution is 0.606. The fraction of sp³-hybridized carbons (Fsp3) is 0.250. The highest BCUT2D eigenvalue weighted by molar-refractivity contribution is 8.17. The minimum atomic E-state index is -3.41. The third-order valence-corrected chi connectivity index (χ3v) is 3.06. The van der Waals surface area contributed by atoms with Crippen LogP contribution in [0.2, 0.25) is 0 Å². The topological polar surface area (TPSA) is 46.5 Å². The fourth-order valence-corrected chi connectivity index (χ4v) is 2.49. The summed E-state index contributed by atoms with van der Waals surface area (Å²) in [6, 6.07) is 0. The van der Waals surface area contributed by atoms with Crippen LogP contribution in [-0.2, 0) is 10.0 Å². The van der Waals surface area contributed by atoms with Gasteiger partial charge in [0.1, 0.15) is 0 Å². The highest BCUT2D eigenvalue weighted by atomic mass is 35.5. The van der Waals surface area contributed by atoms with E-state index >= 15 is 0 Å². The normalized spacial score (nSPS) is 23.5. The summed E-state index contributed by atoms with van der Waals surface area (Å²) in [5.41, 5.74) is 0. The van der Waals surface area contributed by atoms with E-state index in [4.69, 9.17) is 11.6 Å². The zero-order valence-corrected chi connectivity index (χ0v) is 7.21. The van der Waals surface area contributed by atoms with E-state index in [9.17, 15) is 8.42 Å². The first-order chi connectivity index (χ1) is 4.60. The predicted molar refractivity (Wildman–Crippen MR) is 43.8 cm³/mol. The molecule has 56 valence electrons. The second kappa shape index (κ2) is 2.94. The van der Waals surface area contributed by atoms with Gasteiger partial charge in [-0.2, -0.15) is 8.42 Å². The third-order valence-electron chi connectivity index (χ3n) is 0.766. The van der Waals surface area contributed by atoms with Crippen molar-refractivity contribution >= 4 is 37.9 Å². The third kappa shape index (κ3) is 2.32. The Morgan fingerprint density at radius 2 is 2.40 bits per heavy atom. The van der Waals surface area contributed by atoms with Crippen molar-refractivity contribution in [1.29, 1.82) is 0 Å². The highest BCUT2D eigenvalue weighted by Crippen LogP contribution is 2.14. The van der Waals surface area contributed by atoms with Gasteiger partial charge in [-0.15, -0.1) is 4.40 Å². The van der Waals surface area contributed by atoms with E-state index in [1.807, 2.05) is 0 Å². The first-order valence-electron chi connectivity index (χ1n) is 2.40. The van der Waals surface area contributed by atoms with Gasteiger partial charge < -0.3 is 0 Å². The molecule has 0 fully saturated rings. The maximum atomic E-state index is 10.7. The summed E-state index contributed by atoms with van der Waals surface area (Å²) in [6.45, 7) is 0. The van der Waals surface area contributed by atoms with Crippen molar-refractivity contribution in [2.75, 3.05) is 5.75 Å². The second-order valence-electron chi connectivity index (χ2n) is 1.54. The Bertz CT molecular complexity index is 280. The van der Waals surface area contributed by atoms with Gasteiger partial charge in [-0.05, 0) is 0 Å². The Balaban J connectivity index is 3.05. The van der Waals surface area contributed by atoms with Crippen LogP contribution in [0.15, 0.2) is 15.9 Å². The molecule has 6 heteroatoms. The van der Waals surface area contributed by atoms with Crippen LogP contribution in [-0.4, -0.2) is 18.7 Å². The molecule has 0 aromatic rings. The van der Waals surface area contributed by atoms with Gasteiger partial charge in [0.25, 0.3) is 10.0 Å². The summed E-state index contributed by atoms with van der Waals surface area (Å²) in [5.74, 6) is 0.557. The Hall–Kier alpha value is -0.000000000000000111. The fourth-order valence-electron chi connectivity index (χ4n) is 0.435. The Morgan fingerprint density at radius 3 is 3.10 bits per heavy atom. The average Bonchev–Trinajstić information content (AvgIpc) is 1.90. The summed E-state index contributed by atoms with van der Waals surface area (Å²) in [4.78, 5) is 0. The number of nitrogens with zero attached hydrogens (tertiary/aromatic N) is 1. The molecule has 10 heavy (non-hydrogen) atoms. The predicted octanol–water partition coefficient (Wildman–Crippen LogP) is 1.17. The monoisotopic (exact) mass is 197 g/mol. The minimum Gasteiger partial charge on any atom is -0.200 e. The molecule has 0 aromatic heterocycles. The highest BCUT2D eigenvalue weighted by Gasteiger charge is 2.07. The maximum absolute atomic E-state index is 10.7.